The maximum Gasteiger partial charge on any atom is 0.411 e. The number of piperidine rings is 1. The predicted octanol–water partition coefficient (Wildman–Crippen LogP) is 2.41. The molecule has 0 radical (unpaired) electrons. The number of imide groups is 1. The Kier molecular flexibility index (Phi) is 14.7. The monoisotopic (exact) mass is 642 g/mol. The summed E-state index contributed by atoms with van der Waals surface area (Å²) in [6, 6.07) is 4.51. The van der Waals surface area contributed by atoms with E-state index in [1.165, 1.54) is 9.80 Å². The van der Waals surface area contributed by atoms with Gasteiger partial charge in [-0.2, -0.15) is 0 Å². The van der Waals surface area contributed by atoms with Crippen molar-refractivity contribution in [3.8, 4) is 11.8 Å². The molecule has 0 aliphatic carbocycles. The summed E-state index contributed by atoms with van der Waals surface area (Å²) < 4.78 is 27.3. The Bertz CT molecular complexity index is 1330. The Labute approximate surface area is 268 Å². The molecule has 46 heavy (non-hydrogen) atoms. The number of amides is 4. The first-order chi connectivity index (χ1) is 22.1. The van der Waals surface area contributed by atoms with Crippen LogP contribution in [0.2, 0.25) is 0 Å². The van der Waals surface area contributed by atoms with Gasteiger partial charge in [-0.15, -0.1) is 0 Å². The van der Waals surface area contributed by atoms with Crippen LogP contribution in [-0.4, -0.2) is 118 Å². The van der Waals surface area contributed by atoms with E-state index in [0.29, 0.717) is 62.9 Å². The van der Waals surface area contributed by atoms with Crippen LogP contribution in [0.15, 0.2) is 23.3 Å². The highest BCUT2D eigenvalue weighted by Crippen LogP contribution is 2.29. The molecule has 0 spiro atoms. The lowest BCUT2D eigenvalue weighted by molar-refractivity contribution is -0.136. The highest BCUT2D eigenvalue weighted by molar-refractivity contribution is 6.05. The molecule has 0 saturated carbocycles. The van der Waals surface area contributed by atoms with E-state index in [4.69, 9.17) is 29.2 Å². The molecule has 250 valence electrons. The normalized spacial score (nSPS) is 15.8. The Hall–Kier alpha value is -4.19. The number of ether oxygens (including phenoxy) is 5. The van der Waals surface area contributed by atoms with E-state index >= 15 is 0 Å². The van der Waals surface area contributed by atoms with Crippen molar-refractivity contribution in [2.45, 2.75) is 51.8 Å². The number of rotatable bonds is 17. The lowest BCUT2D eigenvalue weighted by Crippen LogP contribution is -2.52. The third kappa shape index (κ3) is 12.0. The molecule has 1 atom stereocenters. The summed E-state index contributed by atoms with van der Waals surface area (Å²) in [7, 11) is 0. The van der Waals surface area contributed by atoms with Crippen LogP contribution in [0.5, 0.6) is 0 Å². The molecule has 1 N–H and O–H groups in total. The molecular weight excluding hydrogens is 600 g/mol. The molecule has 2 aliphatic rings. The zero-order chi connectivity index (χ0) is 33.4. The maximum absolute atomic E-state index is 13.1. The zero-order valence-electron chi connectivity index (χ0n) is 26.6. The molecule has 1 unspecified atom stereocenters. The van der Waals surface area contributed by atoms with Crippen LogP contribution in [0.1, 0.15) is 55.1 Å². The van der Waals surface area contributed by atoms with Crippen LogP contribution in [0.4, 0.5) is 4.79 Å². The Morgan fingerprint density at radius 1 is 1.04 bits per heavy atom. The minimum absolute atomic E-state index is 0.0653. The number of benzene rings is 1. The van der Waals surface area contributed by atoms with E-state index in [0.717, 1.165) is 0 Å². The van der Waals surface area contributed by atoms with Crippen molar-refractivity contribution in [3.63, 3.8) is 0 Å². The summed E-state index contributed by atoms with van der Waals surface area (Å²) in [5.41, 5.74) is 9.29. The fourth-order valence-electron chi connectivity index (χ4n) is 4.58. The largest absolute Gasteiger partial charge is 0.444 e. The number of carbonyl (C=O) groups excluding carboxylic acids is 4. The van der Waals surface area contributed by atoms with Crippen molar-refractivity contribution in [3.05, 3.63) is 45.3 Å². The van der Waals surface area contributed by atoms with Crippen LogP contribution >= 0.6 is 0 Å². The minimum Gasteiger partial charge on any atom is -0.444 e. The van der Waals surface area contributed by atoms with E-state index in [9.17, 15) is 19.2 Å². The summed E-state index contributed by atoms with van der Waals surface area (Å²) in [5, 5.41) is 5.68. The molecule has 15 heteroatoms. The number of nitrogens with one attached hydrogen (secondary N) is 1. The Morgan fingerprint density at radius 3 is 2.33 bits per heavy atom. The number of carbonyl (C=O) groups is 4. The molecular formula is C31H42N6O9. The highest BCUT2D eigenvalue weighted by Gasteiger charge is 2.39. The summed E-state index contributed by atoms with van der Waals surface area (Å²) >= 11 is 0. The van der Waals surface area contributed by atoms with Crippen molar-refractivity contribution >= 4 is 23.8 Å². The molecule has 1 saturated heterocycles. The summed E-state index contributed by atoms with van der Waals surface area (Å²) in [5.74, 6) is 5.01. The number of fused-ring (bicyclic) bond motifs is 1. The molecule has 0 aromatic heterocycles. The Balaban J connectivity index is 1.45. The van der Waals surface area contributed by atoms with Gasteiger partial charge in [-0.05, 0) is 50.4 Å². The third-order valence-corrected chi connectivity index (χ3v) is 6.75. The lowest BCUT2D eigenvalue weighted by atomic mass is 10.0. The first-order valence-corrected chi connectivity index (χ1v) is 15.2. The number of hydrogen-bond donors (Lipinski definition) is 1. The number of azide groups is 1. The zero-order valence-corrected chi connectivity index (χ0v) is 26.6. The van der Waals surface area contributed by atoms with Crippen LogP contribution < -0.4 is 5.32 Å². The van der Waals surface area contributed by atoms with Crippen molar-refractivity contribution in [1.82, 2.24) is 15.1 Å². The van der Waals surface area contributed by atoms with E-state index in [1.54, 1.807) is 39.0 Å². The summed E-state index contributed by atoms with van der Waals surface area (Å²) in [4.78, 5) is 55.5. The van der Waals surface area contributed by atoms with E-state index < -0.39 is 23.6 Å². The van der Waals surface area contributed by atoms with Crippen molar-refractivity contribution in [2.24, 2.45) is 5.11 Å². The predicted molar refractivity (Wildman–Crippen MR) is 164 cm³/mol. The van der Waals surface area contributed by atoms with E-state index in [-0.39, 0.29) is 57.4 Å². The molecule has 15 nitrogen and oxygen atoms in total. The summed E-state index contributed by atoms with van der Waals surface area (Å²) in [6.07, 6.45) is -0.0779. The van der Waals surface area contributed by atoms with Crippen LogP contribution in [0.25, 0.3) is 10.4 Å². The molecule has 2 aliphatic heterocycles. The second-order valence-electron chi connectivity index (χ2n) is 11.3. The SMILES string of the molecule is CC(C)(C)OC(=O)N(CC#Cc1cccc2c1CN(C1CCC(=O)NC1=O)C2=O)CCOCCOCCOCCOCCN=[N+]=[N-]. The van der Waals surface area contributed by atoms with Gasteiger partial charge in [0.25, 0.3) is 5.91 Å². The smallest absolute Gasteiger partial charge is 0.411 e. The fraction of sp³-hybridized carbons (Fsp3) is 0.613. The molecule has 1 aromatic rings. The van der Waals surface area contributed by atoms with Gasteiger partial charge in [0.05, 0.1) is 59.4 Å². The van der Waals surface area contributed by atoms with Crippen LogP contribution in [0, 0.1) is 11.8 Å². The Morgan fingerprint density at radius 2 is 1.70 bits per heavy atom. The molecule has 1 fully saturated rings. The van der Waals surface area contributed by atoms with Gasteiger partial charge in [0, 0.05) is 42.1 Å². The highest BCUT2D eigenvalue weighted by atomic mass is 16.6. The average Bonchev–Trinajstić information content (AvgIpc) is 3.33. The second-order valence-corrected chi connectivity index (χ2v) is 11.3. The summed E-state index contributed by atoms with van der Waals surface area (Å²) in [6.45, 7) is 9.01. The second kappa shape index (κ2) is 18.7. The lowest BCUT2D eigenvalue weighted by Gasteiger charge is -2.29. The van der Waals surface area contributed by atoms with E-state index in [1.807, 2.05) is 0 Å². The van der Waals surface area contributed by atoms with Gasteiger partial charge < -0.3 is 28.6 Å². The minimum atomic E-state index is -0.715. The van der Waals surface area contributed by atoms with E-state index in [2.05, 4.69) is 27.2 Å². The number of hydrogen-bond acceptors (Lipinski definition) is 10. The topological polar surface area (TPSA) is 182 Å². The fourth-order valence-corrected chi connectivity index (χ4v) is 4.58. The van der Waals surface area contributed by atoms with Crippen molar-refractivity contribution < 1.29 is 42.9 Å². The number of nitrogens with zero attached hydrogens (tertiary/aromatic N) is 5. The third-order valence-electron chi connectivity index (χ3n) is 6.75. The van der Waals surface area contributed by atoms with Gasteiger partial charge in [0.15, 0.2) is 0 Å². The molecule has 1 aromatic carbocycles. The molecule has 4 amide bonds. The molecule has 0 bridgehead atoms. The van der Waals surface area contributed by atoms with Crippen LogP contribution in [0.3, 0.4) is 0 Å². The van der Waals surface area contributed by atoms with Gasteiger partial charge in [-0.1, -0.05) is 23.0 Å². The standard InChI is InChI=1S/C31H42N6O9/c1-31(2,3)46-30(41)36(13-15-43-17-19-45-21-20-44-18-16-42-14-11-33-35-32)12-5-7-23-6-4-8-24-25(23)22-37(29(24)40)26-9-10-27(38)34-28(26)39/h4,6,8,26H,9-22H2,1-3H3,(H,34,38,39). The maximum atomic E-state index is 13.1. The first kappa shape index (κ1) is 36.3. The average molecular weight is 643 g/mol. The van der Waals surface area contributed by atoms with Gasteiger partial charge in [0.1, 0.15) is 11.6 Å². The van der Waals surface area contributed by atoms with Crippen LogP contribution in [-0.2, 0) is 39.8 Å². The molecule has 2 heterocycles. The van der Waals surface area contributed by atoms with Gasteiger partial charge in [-0.3, -0.25) is 24.6 Å². The van der Waals surface area contributed by atoms with Crippen molar-refractivity contribution in [1.29, 1.82) is 0 Å². The quantitative estimate of drug-likeness (QED) is 0.0666. The van der Waals surface area contributed by atoms with Crippen molar-refractivity contribution in [2.75, 3.05) is 72.5 Å². The molecule has 3 rings (SSSR count). The van der Waals surface area contributed by atoms with Gasteiger partial charge >= 0.3 is 6.09 Å². The van der Waals surface area contributed by atoms with Gasteiger partial charge in [0.2, 0.25) is 11.8 Å². The first-order valence-electron chi connectivity index (χ1n) is 15.2. The van der Waals surface area contributed by atoms with Gasteiger partial charge in [-0.25, -0.2) is 4.79 Å².